The first kappa shape index (κ1) is 9.74. The molecule has 1 atom stereocenters. The van der Waals surface area contributed by atoms with Crippen LogP contribution in [0.15, 0.2) is 11.6 Å². The Morgan fingerprint density at radius 2 is 2.18 bits per heavy atom. The van der Waals surface area contributed by atoms with Crippen LogP contribution in [0.4, 0.5) is 0 Å². The Hall–Kier alpha value is 0.650. The predicted octanol–water partition coefficient (Wildman–Crippen LogP) is 2.65. The highest BCUT2D eigenvalue weighted by atomic mass is 79.9. The molecule has 1 unspecified atom stereocenters. The van der Waals surface area contributed by atoms with Crippen molar-refractivity contribution in [2.45, 2.75) is 14.5 Å². The number of halogens is 3. The van der Waals surface area contributed by atoms with E-state index in [4.69, 9.17) is 5.11 Å². The van der Waals surface area contributed by atoms with E-state index in [2.05, 4.69) is 47.8 Å². The van der Waals surface area contributed by atoms with Crippen molar-refractivity contribution in [1.82, 2.24) is 0 Å². The highest BCUT2D eigenvalue weighted by Gasteiger charge is 2.43. The van der Waals surface area contributed by atoms with E-state index in [0.717, 1.165) is 12.0 Å². The maximum atomic E-state index is 10.5. The third kappa shape index (κ3) is 2.06. The molecular formula is C6H5Br3O2. The molecule has 0 aromatic heterocycles. The minimum Gasteiger partial charge on any atom is -0.480 e. The monoisotopic (exact) mass is 346 g/mol. The summed E-state index contributed by atoms with van der Waals surface area (Å²) >= 11 is 9.66. The molecule has 0 radical (unpaired) electrons. The van der Waals surface area contributed by atoms with Gasteiger partial charge in [-0.05, 0) is 12.0 Å². The Morgan fingerprint density at radius 1 is 1.73 bits per heavy atom. The Balaban J connectivity index is 2.70. The molecule has 0 fully saturated rings. The van der Waals surface area contributed by atoms with Crippen LogP contribution >= 0.6 is 47.8 Å². The van der Waals surface area contributed by atoms with Gasteiger partial charge in [-0.25, -0.2) is 0 Å². The molecule has 0 aromatic carbocycles. The molecule has 0 heterocycles. The Bertz CT molecular complexity index is 222. The molecular weight excluding hydrogens is 344 g/mol. The minimum atomic E-state index is -0.883. The van der Waals surface area contributed by atoms with Crippen LogP contribution < -0.4 is 0 Å². The molecule has 0 amide bonds. The van der Waals surface area contributed by atoms with Gasteiger partial charge in [0, 0.05) is 0 Å². The maximum Gasteiger partial charge on any atom is 0.319 e. The van der Waals surface area contributed by atoms with Gasteiger partial charge in [-0.15, -0.1) is 0 Å². The summed E-state index contributed by atoms with van der Waals surface area (Å²) in [6.07, 6.45) is 2.85. The normalized spacial score (nSPS) is 19.0. The smallest absolute Gasteiger partial charge is 0.319 e. The standard InChI is InChI=1S/C6H5Br3O2/c7-4(5(10)11)6(8,9)3-1-2-3/h1,4H,2H2,(H,10,11). The zero-order chi connectivity index (χ0) is 8.65. The average Bonchev–Trinajstić information content (AvgIpc) is 2.66. The highest BCUT2D eigenvalue weighted by Crippen LogP contribution is 2.48. The molecule has 1 rings (SSSR count). The van der Waals surface area contributed by atoms with Crippen LogP contribution in [0.25, 0.3) is 0 Å². The summed E-state index contributed by atoms with van der Waals surface area (Å²) in [7, 11) is 0. The van der Waals surface area contributed by atoms with Crippen LogP contribution in [0.3, 0.4) is 0 Å². The summed E-state index contributed by atoms with van der Waals surface area (Å²) in [6, 6.07) is 0. The molecule has 62 valence electrons. The molecule has 11 heavy (non-hydrogen) atoms. The van der Waals surface area contributed by atoms with Crippen LogP contribution in [0.1, 0.15) is 6.42 Å². The van der Waals surface area contributed by atoms with Crippen molar-refractivity contribution < 1.29 is 9.90 Å². The maximum absolute atomic E-state index is 10.5. The van der Waals surface area contributed by atoms with Gasteiger partial charge in [-0.2, -0.15) is 0 Å². The van der Waals surface area contributed by atoms with Crippen molar-refractivity contribution in [3.8, 4) is 0 Å². The first-order valence-corrected chi connectivity index (χ1v) is 5.40. The van der Waals surface area contributed by atoms with E-state index in [1.165, 1.54) is 0 Å². The first-order chi connectivity index (χ1) is 4.96. The lowest BCUT2D eigenvalue weighted by Crippen LogP contribution is -2.31. The summed E-state index contributed by atoms with van der Waals surface area (Å²) in [4.78, 5) is 9.91. The molecule has 0 saturated heterocycles. The van der Waals surface area contributed by atoms with E-state index in [1.54, 1.807) is 0 Å². The van der Waals surface area contributed by atoms with Crippen molar-refractivity contribution in [1.29, 1.82) is 0 Å². The van der Waals surface area contributed by atoms with Gasteiger partial charge in [0.1, 0.15) is 8.06 Å². The van der Waals surface area contributed by atoms with Gasteiger partial charge in [-0.3, -0.25) is 4.79 Å². The fourth-order valence-corrected chi connectivity index (χ4v) is 1.97. The van der Waals surface area contributed by atoms with Crippen molar-refractivity contribution >= 4 is 53.8 Å². The third-order valence-electron chi connectivity index (χ3n) is 1.37. The number of hydrogen-bond acceptors (Lipinski definition) is 1. The SMILES string of the molecule is O=C(O)C(Br)C(Br)(Br)C1=CC1. The van der Waals surface area contributed by atoms with Gasteiger partial charge in [0.25, 0.3) is 0 Å². The Kier molecular flexibility index (Phi) is 2.82. The predicted molar refractivity (Wildman–Crippen MR) is 53.6 cm³/mol. The van der Waals surface area contributed by atoms with Crippen LogP contribution in [-0.4, -0.2) is 19.1 Å². The zero-order valence-electron chi connectivity index (χ0n) is 5.35. The van der Waals surface area contributed by atoms with Crippen LogP contribution in [0, 0.1) is 0 Å². The lowest BCUT2D eigenvalue weighted by molar-refractivity contribution is -0.136. The fourth-order valence-electron chi connectivity index (χ4n) is 0.641. The summed E-state index contributed by atoms with van der Waals surface area (Å²) in [6.45, 7) is 0. The van der Waals surface area contributed by atoms with Crippen molar-refractivity contribution in [3.05, 3.63) is 11.6 Å². The fraction of sp³-hybridized carbons (Fsp3) is 0.500. The van der Waals surface area contributed by atoms with E-state index < -0.39 is 14.0 Å². The van der Waals surface area contributed by atoms with E-state index in [-0.39, 0.29) is 0 Å². The molecule has 5 heteroatoms. The highest BCUT2D eigenvalue weighted by molar-refractivity contribution is 9.26. The number of hydrogen-bond donors (Lipinski definition) is 1. The van der Waals surface area contributed by atoms with Gasteiger partial charge >= 0.3 is 5.97 Å². The lowest BCUT2D eigenvalue weighted by Gasteiger charge is -2.20. The second-order valence-electron chi connectivity index (χ2n) is 2.26. The number of aliphatic carboxylic acids is 1. The van der Waals surface area contributed by atoms with Gasteiger partial charge in [0.2, 0.25) is 0 Å². The number of carbonyl (C=O) groups is 1. The summed E-state index contributed by atoms with van der Waals surface area (Å²) in [5.41, 5.74) is 1.07. The number of rotatable bonds is 3. The molecule has 2 nitrogen and oxygen atoms in total. The molecule has 1 N–H and O–H groups in total. The van der Waals surface area contributed by atoms with E-state index in [0.29, 0.717) is 0 Å². The quantitative estimate of drug-likeness (QED) is 0.629. The van der Waals surface area contributed by atoms with Crippen LogP contribution in [0.2, 0.25) is 0 Å². The summed E-state index contributed by atoms with van der Waals surface area (Å²) < 4.78 is -0.605. The Labute approximate surface area is 89.4 Å². The van der Waals surface area contributed by atoms with E-state index in [9.17, 15) is 4.79 Å². The largest absolute Gasteiger partial charge is 0.480 e. The molecule has 0 spiro atoms. The van der Waals surface area contributed by atoms with Gasteiger partial charge in [-0.1, -0.05) is 53.9 Å². The zero-order valence-corrected chi connectivity index (χ0v) is 10.1. The first-order valence-electron chi connectivity index (χ1n) is 2.90. The number of carboxylic acid groups (broad SMARTS) is 1. The van der Waals surface area contributed by atoms with Crippen molar-refractivity contribution in [2.75, 3.05) is 0 Å². The van der Waals surface area contributed by atoms with Gasteiger partial charge in [0.15, 0.2) is 0 Å². The minimum absolute atomic E-state index is 0.605. The number of alkyl halides is 3. The molecule has 1 aliphatic rings. The summed E-state index contributed by atoms with van der Waals surface area (Å²) in [5.74, 6) is -0.883. The molecule has 0 bridgehead atoms. The second-order valence-corrected chi connectivity index (χ2v) is 6.74. The number of allylic oxidation sites excluding steroid dienone is 2. The topological polar surface area (TPSA) is 37.3 Å². The van der Waals surface area contributed by atoms with Crippen molar-refractivity contribution in [3.63, 3.8) is 0 Å². The molecule has 1 aliphatic carbocycles. The van der Waals surface area contributed by atoms with Crippen LogP contribution in [-0.2, 0) is 4.79 Å². The molecule has 0 aromatic rings. The van der Waals surface area contributed by atoms with Crippen LogP contribution in [0.5, 0.6) is 0 Å². The molecule has 0 aliphatic heterocycles. The lowest BCUT2D eigenvalue weighted by atomic mass is 10.2. The van der Waals surface area contributed by atoms with Gasteiger partial charge in [0.05, 0.1) is 0 Å². The summed E-state index contributed by atoms with van der Waals surface area (Å²) in [5, 5.41) is 8.66. The number of carboxylic acids is 1. The second kappa shape index (κ2) is 3.18. The molecule has 0 saturated carbocycles. The average molecular weight is 349 g/mol. The van der Waals surface area contributed by atoms with Crippen molar-refractivity contribution in [2.24, 2.45) is 0 Å². The third-order valence-corrected chi connectivity index (χ3v) is 5.61. The van der Waals surface area contributed by atoms with E-state index in [1.807, 2.05) is 6.08 Å². The Morgan fingerprint density at radius 3 is 2.45 bits per heavy atom. The van der Waals surface area contributed by atoms with E-state index >= 15 is 0 Å². The van der Waals surface area contributed by atoms with Gasteiger partial charge < -0.3 is 5.11 Å².